The fourth-order valence-corrected chi connectivity index (χ4v) is 3.92. The zero-order valence-corrected chi connectivity index (χ0v) is 17.8. The third-order valence-electron chi connectivity index (χ3n) is 5.33. The molecule has 0 unspecified atom stereocenters. The summed E-state index contributed by atoms with van der Waals surface area (Å²) in [5.41, 5.74) is 4.51. The van der Waals surface area contributed by atoms with Crippen LogP contribution < -0.4 is 5.32 Å². The molecule has 1 saturated heterocycles. The smallest absolute Gasteiger partial charge is 0.159 e. The van der Waals surface area contributed by atoms with Gasteiger partial charge in [0, 0.05) is 49.7 Å². The van der Waals surface area contributed by atoms with E-state index in [9.17, 15) is 0 Å². The van der Waals surface area contributed by atoms with E-state index in [1.807, 2.05) is 10.9 Å². The first-order chi connectivity index (χ1) is 14.1. The van der Waals surface area contributed by atoms with E-state index in [0.717, 1.165) is 56.0 Å². The maximum atomic E-state index is 6.47. The van der Waals surface area contributed by atoms with Crippen molar-refractivity contribution in [2.24, 2.45) is 0 Å². The van der Waals surface area contributed by atoms with Crippen molar-refractivity contribution in [3.05, 3.63) is 58.4 Å². The quantitative estimate of drug-likeness (QED) is 0.597. The van der Waals surface area contributed by atoms with Gasteiger partial charge in [0.2, 0.25) is 0 Å². The number of halogens is 1. The molecule has 0 radical (unpaired) electrons. The van der Waals surface area contributed by atoms with Gasteiger partial charge in [0.1, 0.15) is 5.15 Å². The fourth-order valence-electron chi connectivity index (χ4n) is 3.72. The van der Waals surface area contributed by atoms with Crippen molar-refractivity contribution in [1.82, 2.24) is 25.0 Å². The molecule has 0 spiro atoms. The molecule has 3 heterocycles. The van der Waals surface area contributed by atoms with Gasteiger partial charge >= 0.3 is 0 Å². The number of ether oxygens (including phenoxy) is 1. The number of fused-ring (bicyclic) bond motifs is 1. The fraction of sp³-hybridized carbons (Fsp3) is 0.455. The summed E-state index contributed by atoms with van der Waals surface area (Å²) in [6.07, 6.45) is 1.86. The molecule has 4 rings (SSSR count). The number of hydrogen-bond donors (Lipinski definition) is 1. The van der Waals surface area contributed by atoms with E-state index in [-0.39, 0.29) is 6.04 Å². The van der Waals surface area contributed by atoms with Crippen molar-refractivity contribution < 1.29 is 4.74 Å². The zero-order valence-electron chi connectivity index (χ0n) is 17.1. The molecule has 6 nitrogen and oxygen atoms in total. The summed E-state index contributed by atoms with van der Waals surface area (Å²) in [4.78, 5) is 7.03. The van der Waals surface area contributed by atoms with Crippen LogP contribution in [-0.4, -0.2) is 46.0 Å². The lowest BCUT2D eigenvalue weighted by molar-refractivity contribution is 0.0340. The molecule has 1 aliphatic heterocycles. The Morgan fingerprint density at radius 3 is 2.59 bits per heavy atom. The maximum absolute atomic E-state index is 6.47. The minimum Gasteiger partial charge on any atom is -0.379 e. The van der Waals surface area contributed by atoms with Crippen molar-refractivity contribution in [2.75, 3.05) is 26.3 Å². The van der Waals surface area contributed by atoms with Crippen LogP contribution >= 0.6 is 11.6 Å². The maximum Gasteiger partial charge on any atom is 0.159 e. The summed E-state index contributed by atoms with van der Waals surface area (Å²) in [5.74, 6) is 0. The molecular weight excluding hydrogens is 386 g/mol. The molecule has 0 saturated carbocycles. The van der Waals surface area contributed by atoms with Gasteiger partial charge in [-0.05, 0) is 31.0 Å². The van der Waals surface area contributed by atoms with Crippen LogP contribution in [0.2, 0.25) is 5.15 Å². The van der Waals surface area contributed by atoms with Gasteiger partial charge in [-0.2, -0.15) is 5.10 Å². The first kappa shape index (κ1) is 20.3. The molecule has 1 aromatic carbocycles. The molecule has 29 heavy (non-hydrogen) atoms. The average molecular weight is 414 g/mol. The van der Waals surface area contributed by atoms with Gasteiger partial charge in [-0.25, -0.2) is 9.67 Å². The normalized spacial score (nSPS) is 15.4. The summed E-state index contributed by atoms with van der Waals surface area (Å²) in [5, 5.41) is 9.53. The third kappa shape index (κ3) is 4.78. The Bertz CT molecular complexity index is 965. The van der Waals surface area contributed by atoms with Crippen LogP contribution in [0.25, 0.3) is 11.0 Å². The molecule has 0 amide bonds. The summed E-state index contributed by atoms with van der Waals surface area (Å²) < 4.78 is 7.36. The van der Waals surface area contributed by atoms with Crippen molar-refractivity contribution in [3.8, 4) is 0 Å². The molecule has 7 heteroatoms. The average Bonchev–Trinajstić information content (AvgIpc) is 3.13. The van der Waals surface area contributed by atoms with E-state index in [2.05, 4.69) is 64.5 Å². The van der Waals surface area contributed by atoms with Gasteiger partial charge in [-0.3, -0.25) is 4.90 Å². The molecule has 154 valence electrons. The molecule has 0 atom stereocenters. The predicted octanol–water partition coefficient (Wildman–Crippen LogP) is 3.79. The first-order valence-corrected chi connectivity index (χ1v) is 10.6. The molecule has 1 aliphatic rings. The lowest BCUT2D eigenvalue weighted by atomic mass is 10.1. The molecule has 0 bridgehead atoms. The van der Waals surface area contributed by atoms with Crippen LogP contribution in [0.3, 0.4) is 0 Å². The Morgan fingerprint density at radius 2 is 1.83 bits per heavy atom. The second-order valence-corrected chi connectivity index (χ2v) is 8.15. The second-order valence-electron chi connectivity index (χ2n) is 7.79. The Kier molecular flexibility index (Phi) is 6.45. The summed E-state index contributed by atoms with van der Waals surface area (Å²) in [6.45, 7) is 10.2. The third-order valence-corrected chi connectivity index (χ3v) is 5.66. The highest BCUT2D eigenvalue weighted by Gasteiger charge is 2.14. The Morgan fingerprint density at radius 1 is 1.10 bits per heavy atom. The van der Waals surface area contributed by atoms with E-state index >= 15 is 0 Å². The van der Waals surface area contributed by atoms with Crippen LogP contribution in [-0.2, 0) is 24.4 Å². The van der Waals surface area contributed by atoms with Crippen molar-refractivity contribution in [2.45, 2.75) is 39.5 Å². The number of pyridine rings is 1. The minimum atomic E-state index is 0.253. The molecule has 0 aliphatic carbocycles. The Labute approximate surface area is 176 Å². The Balaban J connectivity index is 1.42. The van der Waals surface area contributed by atoms with Crippen molar-refractivity contribution in [1.29, 1.82) is 0 Å². The first-order valence-electron chi connectivity index (χ1n) is 10.2. The van der Waals surface area contributed by atoms with E-state index in [1.165, 1.54) is 11.1 Å². The highest BCUT2D eigenvalue weighted by Crippen LogP contribution is 2.22. The van der Waals surface area contributed by atoms with Crippen LogP contribution in [0.15, 0.2) is 36.5 Å². The van der Waals surface area contributed by atoms with Gasteiger partial charge in [0.15, 0.2) is 5.65 Å². The predicted molar refractivity (Wildman–Crippen MR) is 116 cm³/mol. The van der Waals surface area contributed by atoms with Crippen LogP contribution in [0.1, 0.15) is 36.6 Å². The highest BCUT2D eigenvalue weighted by molar-refractivity contribution is 6.30. The Hall–Kier alpha value is -1.99. The number of morpholine rings is 1. The highest BCUT2D eigenvalue weighted by atomic mass is 35.5. The number of nitrogens with one attached hydrogen (secondary N) is 1. The number of rotatable bonds is 7. The summed E-state index contributed by atoms with van der Waals surface area (Å²) in [6, 6.07) is 11.0. The van der Waals surface area contributed by atoms with E-state index < -0.39 is 0 Å². The monoisotopic (exact) mass is 413 g/mol. The van der Waals surface area contributed by atoms with Crippen LogP contribution in [0, 0.1) is 0 Å². The minimum absolute atomic E-state index is 0.253. The molecule has 3 aromatic rings. The van der Waals surface area contributed by atoms with Crippen molar-refractivity contribution in [3.63, 3.8) is 0 Å². The topological polar surface area (TPSA) is 55.2 Å². The molecule has 2 aromatic heterocycles. The number of hydrogen-bond acceptors (Lipinski definition) is 5. The van der Waals surface area contributed by atoms with Gasteiger partial charge < -0.3 is 10.1 Å². The number of aromatic nitrogens is 3. The van der Waals surface area contributed by atoms with Gasteiger partial charge in [-0.15, -0.1) is 0 Å². The lowest BCUT2D eigenvalue weighted by Gasteiger charge is -2.27. The van der Waals surface area contributed by atoms with Gasteiger partial charge in [0.05, 0.1) is 19.4 Å². The van der Waals surface area contributed by atoms with Crippen LogP contribution in [0.5, 0.6) is 0 Å². The van der Waals surface area contributed by atoms with E-state index in [0.29, 0.717) is 11.7 Å². The van der Waals surface area contributed by atoms with E-state index in [1.54, 1.807) is 0 Å². The standard InChI is InChI=1S/C22H28ClN5O/c1-16(2)28-22-20(14-25-28)11-19(21(23)26-22)13-24-12-17-5-3-4-6-18(17)15-27-7-9-29-10-8-27/h3-6,11,14,16,24H,7-10,12-13,15H2,1-2H3. The SMILES string of the molecule is CC(C)n1ncc2cc(CNCc3ccccc3CN3CCOCC3)c(Cl)nc21. The van der Waals surface area contributed by atoms with Crippen LogP contribution in [0.4, 0.5) is 0 Å². The molecule has 1 N–H and O–H groups in total. The summed E-state index contributed by atoms with van der Waals surface area (Å²) >= 11 is 6.47. The number of nitrogens with zero attached hydrogens (tertiary/aromatic N) is 4. The van der Waals surface area contributed by atoms with E-state index in [4.69, 9.17) is 16.3 Å². The summed E-state index contributed by atoms with van der Waals surface area (Å²) in [7, 11) is 0. The molecular formula is C22H28ClN5O. The van der Waals surface area contributed by atoms with Crippen molar-refractivity contribution >= 4 is 22.6 Å². The lowest BCUT2D eigenvalue weighted by Crippen LogP contribution is -2.36. The largest absolute Gasteiger partial charge is 0.379 e. The zero-order chi connectivity index (χ0) is 20.2. The van der Waals surface area contributed by atoms with Gasteiger partial charge in [-0.1, -0.05) is 35.9 Å². The molecule has 1 fully saturated rings. The second kappa shape index (κ2) is 9.22. The number of benzene rings is 1. The van der Waals surface area contributed by atoms with Gasteiger partial charge in [0.25, 0.3) is 0 Å².